The Morgan fingerprint density at radius 1 is 0.947 bits per heavy atom. The summed E-state index contributed by atoms with van der Waals surface area (Å²) in [5.41, 5.74) is -0.0185. The highest BCUT2D eigenvalue weighted by molar-refractivity contribution is 6.00. The van der Waals surface area contributed by atoms with Gasteiger partial charge in [-0.3, -0.25) is 4.79 Å². The quantitative estimate of drug-likeness (QED) is 0.588. The van der Waals surface area contributed by atoms with E-state index in [9.17, 15) is 22.4 Å². The van der Waals surface area contributed by atoms with Gasteiger partial charge in [0.25, 0.3) is 5.78 Å². The monoisotopic (exact) mass is 268 g/mol. The summed E-state index contributed by atoms with van der Waals surface area (Å²) in [5, 5.41) is 0. The van der Waals surface area contributed by atoms with Crippen molar-refractivity contribution in [2.75, 3.05) is 0 Å². The van der Waals surface area contributed by atoms with Crippen LogP contribution >= 0.6 is 0 Å². The van der Waals surface area contributed by atoms with Crippen LogP contribution in [-0.2, 0) is 0 Å². The number of hydrogen-bond donors (Lipinski definition) is 0. The highest BCUT2D eigenvalue weighted by atomic mass is 19.4. The van der Waals surface area contributed by atoms with E-state index >= 15 is 0 Å². The van der Waals surface area contributed by atoms with Gasteiger partial charge < -0.3 is 0 Å². The van der Waals surface area contributed by atoms with E-state index in [0.29, 0.717) is 11.6 Å². The molecule has 0 amide bonds. The van der Waals surface area contributed by atoms with Crippen molar-refractivity contribution in [1.82, 2.24) is 0 Å². The second kappa shape index (κ2) is 4.84. The van der Waals surface area contributed by atoms with Gasteiger partial charge in [-0.25, -0.2) is 4.39 Å². The van der Waals surface area contributed by atoms with E-state index in [2.05, 4.69) is 0 Å². The Morgan fingerprint density at radius 2 is 1.58 bits per heavy atom. The third-order valence-electron chi connectivity index (χ3n) is 2.57. The third kappa shape index (κ3) is 2.81. The molecule has 0 fully saturated rings. The predicted octanol–water partition coefficient (Wildman–Crippen LogP) is 4.24. The molecular formula is C14H8F4O. The smallest absolute Gasteiger partial charge is 0.284 e. The van der Waals surface area contributed by atoms with Crippen molar-refractivity contribution in [3.8, 4) is 11.1 Å². The topological polar surface area (TPSA) is 17.1 Å². The molecule has 0 saturated heterocycles. The SMILES string of the molecule is O=C(c1ccc(-c2ccccc2)c(F)c1)C(F)(F)F. The van der Waals surface area contributed by atoms with Crippen LogP contribution in [-0.4, -0.2) is 12.0 Å². The first-order valence-electron chi connectivity index (χ1n) is 5.36. The highest BCUT2D eigenvalue weighted by Gasteiger charge is 2.39. The van der Waals surface area contributed by atoms with E-state index in [4.69, 9.17) is 0 Å². The zero-order chi connectivity index (χ0) is 14.0. The van der Waals surface area contributed by atoms with E-state index in [-0.39, 0.29) is 5.56 Å². The van der Waals surface area contributed by atoms with Gasteiger partial charge in [0.1, 0.15) is 5.82 Å². The molecule has 0 N–H and O–H groups in total. The molecule has 0 radical (unpaired) electrons. The Kier molecular flexibility index (Phi) is 3.38. The van der Waals surface area contributed by atoms with Crippen molar-refractivity contribution in [2.24, 2.45) is 0 Å². The number of Topliss-reactive ketones (excluding diaryl/α,β-unsaturated/α-hetero) is 1. The van der Waals surface area contributed by atoms with Crippen molar-refractivity contribution in [3.05, 3.63) is 59.9 Å². The number of carbonyl (C=O) groups excluding carboxylic acids is 1. The molecule has 0 saturated carbocycles. The van der Waals surface area contributed by atoms with Crippen molar-refractivity contribution in [3.63, 3.8) is 0 Å². The van der Waals surface area contributed by atoms with E-state index in [1.165, 1.54) is 6.07 Å². The van der Waals surface area contributed by atoms with E-state index in [1.54, 1.807) is 30.3 Å². The fourth-order valence-electron chi connectivity index (χ4n) is 1.67. The van der Waals surface area contributed by atoms with Gasteiger partial charge in [0.05, 0.1) is 0 Å². The standard InChI is InChI=1S/C14H8F4O/c15-12-8-10(13(19)14(16,17)18)6-7-11(12)9-4-2-1-3-5-9/h1-8H. The first-order valence-corrected chi connectivity index (χ1v) is 5.36. The van der Waals surface area contributed by atoms with Crippen LogP contribution in [0, 0.1) is 5.82 Å². The molecule has 2 aromatic carbocycles. The van der Waals surface area contributed by atoms with E-state index in [0.717, 1.165) is 6.07 Å². The van der Waals surface area contributed by atoms with Crippen molar-refractivity contribution < 1.29 is 22.4 Å². The average molecular weight is 268 g/mol. The van der Waals surface area contributed by atoms with Gasteiger partial charge in [-0.05, 0) is 11.6 Å². The van der Waals surface area contributed by atoms with Crippen LogP contribution < -0.4 is 0 Å². The largest absolute Gasteiger partial charge is 0.454 e. The third-order valence-corrected chi connectivity index (χ3v) is 2.57. The maximum absolute atomic E-state index is 13.8. The lowest BCUT2D eigenvalue weighted by Crippen LogP contribution is -2.22. The van der Waals surface area contributed by atoms with Crippen LogP contribution in [0.3, 0.4) is 0 Å². The fraction of sp³-hybridized carbons (Fsp3) is 0.0714. The number of rotatable bonds is 2. The van der Waals surface area contributed by atoms with E-state index in [1.807, 2.05) is 0 Å². The minimum atomic E-state index is -5.00. The van der Waals surface area contributed by atoms with E-state index < -0.39 is 23.3 Å². The van der Waals surface area contributed by atoms with Crippen LogP contribution in [0.4, 0.5) is 17.6 Å². The summed E-state index contributed by atoms with van der Waals surface area (Å²) in [6.07, 6.45) is -5.00. The predicted molar refractivity (Wildman–Crippen MR) is 62.2 cm³/mol. The Bertz CT molecular complexity index is 603. The molecule has 98 valence electrons. The van der Waals surface area contributed by atoms with Gasteiger partial charge >= 0.3 is 6.18 Å². The molecule has 19 heavy (non-hydrogen) atoms. The molecule has 0 aromatic heterocycles. The first-order chi connectivity index (χ1) is 8.89. The Morgan fingerprint density at radius 3 is 2.11 bits per heavy atom. The summed E-state index contributed by atoms with van der Waals surface area (Å²) in [6, 6.07) is 11.1. The zero-order valence-electron chi connectivity index (χ0n) is 9.54. The molecule has 0 unspecified atom stereocenters. The summed E-state index contributed by atoms with van der Waals surface area (Å²) >= 11 is 0. The molecule has 5 heteroatoms. The van der Waals surface area contributed by atoms with Gasteiger partial charge in [0, 0.05) is 11.1 Å². The minimum absolute atomic E-state index is 0.152. The number of halogens is 4. The van der Waals surface area contributed by atoms with Crippen LogP contribution in [0.25, 0.3) is 11.1 Å². The number of benzene rings is 2. The fourth-order valence-corrected chi connectivity index (χ4v) is 1.67. The maximum Gasteiger partial charge on any atom is 0.454 e. The Balaban J connectivity index is 2.41. The molecule has 0 bridgehead atoms. The molecule has 1 nitrogen and oxygen atoms in total. The van der Waals surface area contributed by atoms with Gasteiger partial charge in [-0.1, -0.05) is 42.5 Å². The summed E-state index contributed by atoms with van der Waals surface area (Å²) in [7, 11) is 0. The van der Waals surface area contributed by atoms with Crippen LogP contribution in [0.5, 0.6) is 0 Å². The molecule has 0 aliphatic heterocycles. The van der Waals surface area contributed by atoms with Crippen LogP contribution in [0.15, 0.2) is 48.5 Å². The zero-order valence-corrected chi connectivity index (χ0v) is 9.54. The minimum Gasteiger partial charge on any atom is -0.284 e. The lowest BCUT2D eigenvalue weighted by Gasteiger charge is -2.08. The van der Waals surface area contributed by atoms with Gasteiger partial charge in [0.15, 0.2) is 0 Å². The van der Waals surface area contributed by atoms with Crippen LogP contribution in [0.1, 0.15) is 10.4 Å². The lowest BCUT2D eigenvalue weighted by molar-refractivity contribution is -0.0885. The normalized spacial score (nSPS) is 11.4. The van der Waals surface area contributed by atoms with Crippen LogP contribution in [0.2, 0.25) is 0 Å². The molecule has 2 rings (SSSR count). The Hall–Kier alpha value is -2.17. The number of carbonyl (C=O) groups is 1. The number of ketones is 1. The lowest BCUT2D eigenvalue weighted by atomic mass is 10.0. The van der Waals surface area contributed by atoms with Crippen molar-refractivity contribution >= 4 is 5.78 Å². The second-order valence-electron chi connectivity index (χ2n) is 3.89. The second-order valence-corrected chi connectivity index (χ2v) is 3.89. The summed E-state index contributed by atoms with van der Waals surface area (Å²) in [4.78, 5) is 11.0. The highest BCUT2D eigenvalue weighted by Crippen LogP contribution is 2.26. The number of alkyl halides is 3. The molecule has 0 heterocycles. The first kappa shape index (κ1) is 13.3. The number of hydrogen-bond acceptors (Lipinski definition) is 1. The average Bonchev–Trinajstić information content (AvgIpc) is 2.37. The summed E-state index contributed by atoms with van der Waals surface area (Å²) in [6.45, 7) is 0. The Labute approximate surface area is 106 Å². The molecular weight excluding hydrogens is 260 g/mol. The summed E-state index contributed by atoms with van der Waals surface area (Å²) in [5.74, 6) is -2.91. The van der Waals surface area contributed by atoms with Crippen molar-refractivity contribution in [2.45, 2.75) is 6.18 Å². The molecule has 0 aliphatic rings. The van der Waals surface area contributed by atoms with Gasteiger partial charge in [0.2, 0.25) is 0 Å². The molecule has 0 spiro atoms. The molecule has 0 atom stereocenters. The molecule has 2 aromatic rings. The summed E-state index contributed by atoms with van der Waals surface area (Å²) < 4.78 is 50.4. The van der Waals surface area contributed by atoms with Crippen molar-refractivity contribution in [1.29, 1.82) is 0 Å². The maximum atomic E-state index is 13.8. The van der Waals surface area contributed by atoms with Gasteiger partial charge in [-0.15, -0.1) is 0 Å². The molecule has 0 aliphatic carbocycles. The van der Waals surface area contributed by atoms with Gasteiger partial charge in [-0.2, -0.15) is 13.2 Å².